The monoisotopic (exact) mass is 383 g/mol. The summed E-state index contributed by atoms with van der Waals surface area (Å²) < 4.78 is 5.76. The van der Waals surface area contributed by atoms with E-state index in [2.05, 4.69) is 39.9 Å². The number of aryl methyl sites for hydroxylation is 1. The number of pyridine rings is 1. The van der Waals surface area contributed by atoms with Gasteiger partial charge in [-0.3, -0.25) is 4.79 Å². The molecule has 1 aliphatic rings. The lowest BCUT2D eigenvalue weighted by molar-refractivity contribution is -0.109. The Hall–Kier alpha value is -2.80. The molecular formula is C21H29N5O2. The number of rotatable bonds is 8. The lowest BCUT2D eigenvalue weighted by atomic mass is 10.1. The molecule has 0 aliphatic carbocycles. The number of nitrogens with zero attached hydrogens (tertiary/aromatic N) is 2. The number of carbonyl (C=O) groups is 1. The second kappa shape index (κ2) is 9.41. The summed E-state index contributed by atoms with van der Waals surface area (Å²) in [4.78, 5) is 17.7. The Balaban J connectivity index is 1.75. The molecule has 1 aromatic carbocycles. The fourth-order valence-electron chi connectivity index (χ4n) is 3.40. The summed E-state index contributed by atoms with van der Waals surface area (Å²) in [6.07, 6.45) is 2.00. The zero-order valence-electron chi connectivity index (χ0n) is 16.8. The van der Waals surface area contributed by atoms with Gasteiger partial charge >= 0.3 is 0 Å². The third-order valence-corrected chi connectivity index (χ3v) is 5.02. The van der Waals surface area contributed by atoms with Crippen LogP contribution >= 0.6 is 0 Å². The van der Waals surface area contributed by atoms with E-state index in [9.17, 15) is 4.79 Å². The number of aromatic nitrogens is 1. The van der Waals surface area contributed by atoms with Crippen LogP contribution < -0.4 is 20.9 Å². The largest absolute Gasteiger partial charge is 0.388 e. The van der Waals surface area contributed by atoms with Crippen LogP contribution in [0.5, 0.6) is 0 Å². The predicted octanol–water partition coefficient (Wildman–Crippen LogP) is 3.04. The topological polar surface area (TPSA) is 78.5 Å². The Labute approximate surface area is 166 Å². The van der Waals surface area contributed by atoms with Gasteiger partial charge in [0, 0.05) is 38.1 Å². The van der Waals surface area contributed by atoms with E-state index in [1.807, 2.05) is 32.2 Å². The van der Waals surface area contributed by atoms with Crippen LogP contribution in [0.4, 0.5) is 22.9 Å². The Morgan fingerprint density at radius 2 is 2.11 bits per heavy atom. The molecule has 0 spiro atoms. The fraction of sp³-hybridized carbons (Fsp3) is 0.429. The predicted molar refractivity (Wildman–Crippen MR) is 113 cm³/mol. The van der Waals surface area contributed by atoms with E-state index in [1.165, 1.54) is 0 Å². The highest BCUT2D eigenvalue weighted by atomic mass is 16.5. The van der Waals surface area contributed by atoms with Gasteiger partial charge in [-0.05, 0) is 49.2 Å². The highest BCUT2D eigenvalue weighted by Gasteiger charge is 2.20. The maximum Gasteiger partial charge on any atom is 0.207 e. The highest BCUT2D eigenvalue weighted by Crippen LogP contribution is 2.26. The zero-order valence-corrected chi connectivity index (χ0v) is 16.8. The van der Waals surface area contributed by atoms with E-state index in [0.29, 0.717) is 13.0 Å². The molecule has 1 aliphatic heterocycles. The molecule has 7 heteroatoms. The maximum atomic E-state index is 10.6. The number of anilines is 4. The van der Waals surface area contributed by atoms with Gasteiger partial charge in [-0.1, -0.05) is 6.92 Å². The van der Waals surface area contributed by atoms with E-state index in [1.54, 1.807) is 0 Å². The molecule has 7 nitrogen and oxygen atoms in total. The van der Waals surface area contributed by atoms with Gasteiger partial charge in [-0.2, -0.15) is 0 Å². The molecule has 1 amide bonds. The number of hydrogen-bond donors (Lipinski definition) is 3. The number of carbonyl (C=O) groups excluding carboxylic acids is 1. The molecule has 0 saturated carbocycles. The van der Waals surface area contributed by atoms with E-state index >= 15 is 0 Å². The number of nitrogens with one attached hydrogen (secondary N) is 3. The molecule has 0 radical (unpaired) electrons. The molecule has 3 N–H and O–H groups in total. The summed E-state index contributed by atoms with van der Waals surface area (Å²) in [6, 6.07) is 10.2. The number of benzene rings is 1. The van der Waals surface area contributed by atoms with Crippen LogP contribution in [0, 0.1) is 6.92 Å². The van der Waals surface area contributed by atoms with Crippen LogP contribution in [0.3, 0.4) is 0 Å². The fourth-order valence-corrected chi connectivity index (χ4v) is 3.40. The van der Waals surface area contributed by atoms with E-state index in [0.717, 1.165) is 60.3 Å². The normalized spacial score (nSPS) is 16.5. The first-order valence-corrected chi connectivity index (χ1v) is 9.73. The summed E-state index contributed by atoms with van der Waals surface area (Å²) in [5, 5.41) is 9.31. The average molecular weight is 383 g/mol. The van der Waals surface area contributed by atoms with Crippen LogP contribution in [0.1, 0.15) is 24.6 Å². The smallest absolute Gasteiger partial charge is 0.207 e. The first-order chi connectivity index (χ1) is 13.6. The molecule has 2 heterocycles. The highest BCUT2D eigenvalue weighted by molar-refractivity contribution is 5.67. The molecule has 1 saturated heterocycles. The van der Waals surface area contributed by atoms with Gasteiger partial charge in [-0.25, -0.2) is 4.98 Å². The Kier molecular flexibility index (Phi) is 6.71. The van der Waals surface area contributed by atoms with E-state index in [4.69, 9.17) is 9.72 Å². The summed E-state index contributed by atoms with van der Waals surface area (Å²) >= 11 is 0. The van der Waals surface area contributed by atoms with Crippen LogP contribution in [-0.4, -0.2) is 44.2 Å². The van der Waals surface area contributed by atoms with Crippen molar-refractivity contribution in [3.05, 3.63) is 41.6 Å². The molecule has 28 heavy (non-hydrogen) atoms. The second-order valence-electron chi connectivity index (χ2n) is 6.90. The molecule has 1 aromatic heterocycles. The summed E-state index contributed by atoms with van der Waals surface area (Å²) in [6.45, 7) is 7.14. The summed E-state index contributed by atoms with van der Waals surface area (Å²) in [5.74, 6) is 0.992. The molecular weight excluding hydrogens is 354 g/mol. The van der Waals surface area contributed by atoms with E-state index < -0.39 is 0 Å². The minimum Gasteiger partial charge on any atom is -0.388 e. The van der Waals surface area contributed by atoms with Gasteiger partial charge in [0.05, 0.1) is 24.1 Å². The Bertz CT molecular complexity index is 811. The van der Waals surface area contributed by atoms with Crippen LogP contribution in [-0.2, 0) is 16.1 Å². The molecule has 2 aromatic rings. The van der Waals surface area contributed by atoms with Crippen molar-refractivity contribution in [2.45, 2.75) is 32.9 Å². The van der Waals surface area contributed by atoms with Gasteiger partial charge in [0.2, 0.25) is 6.41 Å². The number of amides is 1. The van der Waals surface area contributed by atoms with Crippen molar-refractivity contribution in [2.24, 2.45) is 0 Å². The Morgan fingerprint density at radius 1 is 1.29 bits per heavy atom. The van der Waals surface area contributed by atoms with Crippen LogP contribution in [0.2, 0.25) is 0 Å². The maximum absolute atomic E-state index is 10.6. The lowest BCUT2D eigenvalue weighted by Gasteiger charge is -2.33. The number of hydrogen-bond acceptors (Lipinski definition) is 6. The molecule has 1 fully saturated rings. The van der Waals surface area contributed by atoms with Gasteiger partial charge in [-0.15, -0.1) is 0 Å². The van der Waals surface area contributed by atoms with Crippen molar-refractivity contribution in [3.8, 4) is 0 Å². The average Bonchev–Trinajstić information content (AvgIpc) is 2.73. The van der Waals surface area contributed by atoms with Crippen LogP contribution in [0.15, 0.2) is 30.3 Å². The summed E-state index contributed by atoms with van der Waals surface area (Å²) in [5.41, 5.74) is 4.87. The minimum atomic E-state index is 0.276. The van der Waals surface area contributed by atoms with Crippen molar-refractivity contribution in [1.29, 1.82) is 0 Å². The van der Waals surface area contributed by atoms with Gasteiger partial charge in [0.1, 0.15) is 5.82 Å². The first kappa shape index (κ1) is 19.9. The molecule has 0 bridgehead atoms. The quantitative estimate of drug-likeness (QED) is 0.608. The molecule has 3 rings (SSSR count). The molecule has 150 valence electrons. The van der Waals surface area contributed by atoms with E-state index in [-0.39, 0.29) is 6.10 Å². The molecule has 1 unspecified atom stereocenters. The van der Waals surface area contributed by atoms with Gasteiger partial charge in [0.25, 0.3) is 0 Å². The molecule has 1 atom stereocenters. The van der Waals surface area contributed by atoms with Crippen molar-refractivity contribution in [1.82, 2.24) is 10.3 Å². The first-order valence-electron chi connectivity index (χ1n) is 9.73. The van der Waals surface area contributed by atoms with Crippen molar-refractivity contribution >= 4 is 29.3 Å². The SMILES string of the molecule is CCC1CN(c2ccc(Nc3ccc(NC)c(CNC=O)c3)c(C)n2)CCO1. The number of ether oxygens (including phenoxy) is 1. The van der Waals surface area contributed by atoms with Gasteiger partial charge < -0.3 is 25.6 Å². The lowest BCUT2D eigenvalue weighted by Crippen LogP contribution is -2.42. The van der Waals surface area contributed by atoms with Crippen LogP contribution in [0.25, 0.3) is 0 Å². The van der Waals surface area contributed by atoms with Crippen molar-refractivity contribution in [3.63, 3.8) is 0 Å². The van der Waals surface area contributed by atoms with Gasteiger partial charge in [0.15, 0.2) is 0 Å². The Morgan fingerprint density at radius 3 is 2.82 bits per heavy atom. The summed E-state index contributed by atoms with van der Waals surface area (Å²) in [7, 11) is 1.87. The zero-order chi connectivity index (χ0) is 19.9. The number of morpholine rings is 1. The third kappa shape index (κ3) is 4.72. The minimum absolute atomic E-state index is 0.276. The standard InChI is InChI=1S/C21H29N5O2/c1-4-18-13-26(9-10-28-18)21-8-7-19(15(2)24-21)25-17-5-6-20(22-3)16(11-17)12-23-14-27/h5-8,11,14,18,22,25H,4,9-10,12-13H2,1-3H3,(H,23,27). The second-order valence-corrected chi connectivity index (χ2v) is 6.90. The van der Waals surface area contributed by atoms with Crippen molar-refractivity contribution < 1.29 is 9.53 Å². The van der Waals surface area contributed by atoms with Crippen molar-refractivity contribution in [2.75, 3.05) is 42.3 Å². The third-order valence-electron chi connectivity index (χ3n) is 5.02.